The third-order valence-corrected chi connectivity index (χ3v) is 6.33. The number of aliphatic imine (C=N–C) groups is 1. The maximum absolute atomic E-state index is 5.30. The Balaban J connectivity index is 1.37. The zero-order valence-corrected chi connectivity index (χ0v) is 17.2. The summed E-state index contributed by atoms with van der Waals surface area (Å²) in [6, 6.07) is 0. The van der Waals surface area contributed by atoms with Crippen LogP contribution in [-0.2, 0) is 11.3 Å². The number of nitrogens with zero attached hydrogens (tertiary/aromatic N) is 4. The Bertz CT molecular complexity index is 582. The summed E-state index contributed by atoms with van der Waals surface area (Å²) < 4.78 is 5.30. The first-order chi connectivity index (χ1) is 12.7. The van der Waals surface area contributed by atoms with Crippen molar-refractivity contribution in [1.29, 1.82) is 0 Å². The summed E-state index contributed by atoms with van der Waals surface area (Å²) in [5, 5.41) is 6.98. The molecule has 3 rings (SSSR count). The smallest absolute Gasteiger partial charge is 0.193 e. The first-order valence-corrected chi connectivity index (χ1v) is 10.6. The highest BCUT2D eigenvalue weighted by Crippen LogP contribution is 2.20. The van der Waals surface area contributed by atoms with Gasteiger partial charge in [0.05, 0.1) is 17.3 Å². The molecule has 146 valence electrons. The number of likely N-dealkylation sites (tertiary alicyclic amines) is 2. The number of hydrogen-bond donors (Lipinski definition) is 1. The van der Waals surface area contributed by atoms with Crippen LogP contribution in [0.3, 0.4) is 0 Å². The van der Waals surface area contributed by atoms with Crippen LogP contribution in [0.2, 0.25) is 0 Å². The molecular formula is C19H33N5OS. The van der Waals surface area contributed by atoms with E-state index in [1.54, 1.807) is 18.4 Å². The Labute approximate surface area is 161 Å². The van der Waals surface area contributed by atoms with Gasteiger partial charge in [-0.1, -0.05) is 0 Å². The van der Waals surface area contributed by atoms with Crippen LogP contribution in [0.5, 0.6) is 0 Å². The first kappa shape index (κ1) is 19.6. The zero-order chi connectivity index (χ0) is 18.4. The molecule has 0 saturated carbocycles. The van der Waals surface area contributed by atoms with Gasteiger partial charge in [-0.25, -0.2) is 4.98 Å². The minimum Gasteiger partial charge on any atom is -0.384 e. The molecule has 2 aliphatic heterocycles. The van der Waals surface area contributed by atoms with Crippen molar-refractivity contribution in [3.8, 4) is 0 Å². The van der Waals surface area contributed by atoms with E-state index < -0.39 is 0 Å². The summed E-state index contributed by atoms with van der Waals surface area (Å²) in [5.74, 6) is 2.43. The van der Waals surface area contributed by atoms with Gasteiger partial charge in [-0.2, -0.15) is 0 Å². The molecule has 1 N–H and O–H groups in total. The van der Waals surface area contributed by atoms with Gasteiger partial charge in [-0.05, 0) is 45.2 Å². The van der Waals surface area contributed by atoms with E-state index in [2.05, 4.69) is 37.4 Å². The van der Waals surface area contributed by atoms with E-state index in [9.17, 15) is 0 Å². The number of aromatic nitrogens is 1. The quantitative estimate of drug-likeness (QED) is 0.607. The van der Waals surface area contributed by atoms with Crippen LogP contribution in [0.25, 0.3) is 0 Å². The summed E-state index contributed by atoms with van der Waals surface area (Å²) in [5.41, 5.74) is 1.23. The third-order valence-electron chi connectivity index (χ3n) is 5.51. The molecule has 1 atom stereocenters. The van der Waals surface area contributed by atoms with Crippen molar-refractivity contribution in [3.63, 3.8) is 0 Å². The second kappa shape index (κ2) is 9.67. The molecule has 3 heterocycles. The zero-order valence-electron chi connectivity index (χ0n) is 16.4. The highest BCUT2D eigenvalue weighted by atomic mass is 32.1. The fourth-order valence-corrected chi connectivity index (χ4v) is 4.63. The first-order valence-electron chi connectivity index (χ1n) is 9.75. The lowest BCUT2D eigenvalue weighted by atomic mass is 9.97. The molecule has 0 spiro atoms. The van der Waals surface area contributed by atoms with Crippen LogP contribution in [0, 0.1) is 18.8 Å². The SMILES string of the molecule is CN=C(NCC1CCN(Cc2csc(C)n2)CC1)N1CCC(COC)C1. The molecule has 6 nitrogen and oxygen atoms in total. The molecule has 2 aliphatic rings. The lowest BCUT2D eigenvalue weighted by Gasteiger charge is -2.32. The summed E-state index contributed by atoms with van der Waals surface area (Å²) in [6.45, 7) is 9.43. The number of hydrogen-bond acceptors (Lipinski definition) is 5. The maximum Gasteiger partial charge on any atom is 0.193 e. The number of guanidine groups is 1. The molecule has 1 unspecified atom stereocenters. The van der Waals surface area contributed by atoms with Crippen molar-refractivity contribution < 1.29 is 4.74 Å². The highest BCUT2D eigenvalue weighted by molar-refractivity contribution is 7.09. The molecule has 0 aromatic carbocycles. The number of piperidine rings is 1. The second-order valence-electron chi connectivity index (χ2n) is 7.56. The molecular weight excluding hydrogens is 346 g/mol. The van der Waals surface area contributed by atoms with Crippen molar-refractivity contribution >= 4 is 17.3 Å². The lowest BCUT2D eigenvalue weighted by Crippen LogP contribution is -2.44. The molecule has 0 radical (unpaired) electrons. The van der Waals surface area contributed by atoms with E-state index in [-0.39, 0.29) is 0 Å². The van der Waals surface area contributed by atoms with E-state index in [1.807, 2.05) is 7.05 Å². The van der Waals surface area contributed by atoms with Crippen molar-refractivity contribution in [3.05, 3.63) is 16.1 Å². The summed E-state index contributed by atoms with van der Waals surface area (Å²) >= 11 is 1.75. The van der Waals surface area contributed by atoms with Crippen LogP contribution in [0.15, 0.2) is 10.4 Å². The Hall–Kier alpha value is -1.18. The molecule has 2 saturated heterocycles. The fourth-order valence-electron chi connectivity index (χ4n) is 4.02. The molecule has 0 bridgehead atoms. The van der Waals surface area contributed by atoms with Crippen LogP contribution in [0.4, 0.5) is 0 Å². The Morgan fingerprint density at radius 3 is 2.73 bits per heavy atom. The fraction of sp³-hybridized carbons (Fsp3) is 0.789. The van der Waals surface area contributed by atoms with Gasteiger partial charge in [-0.3, -0.25) is 9.89 Å². The minimum absolute atomic E-state index is 0.635. The predicted molar refractivity (Wildman–Crippen MR) is 108 cm³/mol. The Morgan fingerprint density at radius 1 is 1.31 bits per heavy atom. The van der Waals surface area contributed by atoms with Crippen molar-refractivity contribution in [2.45, 2.75) is 32.7 Å². The normalized spacial score (nSPS) is 23.0. The van der Waals surface area contributed by atoms with Crippen LogP contribution < -0.4 is 5.32 Å². The number of nitrogens with one attached hydrogen (secondary N) is 1. The number of thiazole rings is 1. The largest absolute Gasteiger partial charge is 0.384 e. The average Bonchev–Trinajstić information content (AvgIpc) is 3.27. The molecule has 7 heteroatoms. The molecule has 1 aromatic heterocycles. The third kappa shape index (κ3) is 5.41. The topological polar surface area (TPSA) is 53.0 Å². The van der Waals surface area contributed by atoms with Gasteiger partial charge in [0.15, 0.2) is 5.96 Å². The molecule has 26 heavy (non-hydrogen) atoms. The van der Waals surface area contributed by atoms with Crippen LogP contribution in [-0.4, -0.2) is 74.2 Å². The molecule has 1 aromatic rings. The number of ether oxygens (including phenoxy) is 1. The van der Waals surface area contributed by atoms with E-state index in [1.165, 1.54) is 43.1 Å². The second-order valence-corrected chi connectivity index (χ2v) is 8.62. The van der Waals surface area contributed by atoms with Crippen molar-refractivity contribution in [1.82, 2.24) is 20.1 Å². The average molecular weight is 380 g/mol. The minimum atomic E-state index is 0.635. The van der Waals surface area contributed by atoms with E-state index >= 15 is 0 Å². The van der Waals surface area contributed by atoms with Gasteiger partial charge in [0.1, 0.15) is 0 Å². The Morgan fingerprint density at radius 2 is 2.08 bits per heavy atom. The van der Waals surface area contributed by atoms with Crippen molar-refractivity contribution in [2.75, 3.05) is 53.5 Å². The number of methoxy groups -OCH3 is 1. The van der Waals surface area contributed by atoms with E-state index in [4.69, 9.17) is 4.74 Å². The molecule has 2 fully saturated rings. The van der Waals surface area contributed by atoms with Gasteiger partial charge >= 0.3 is 0 Å². The molecule has 0 amide bonds. The van der Waals surface area contributed by atoms with Gasteiger partial charge in [0.25, 0.3) is 0 Å². The molecule has 0 aliphatic carbocycles. The predicted octanol–water partition coefficient (Wildman–Crippen LogP) is 2.21. The monoisotopic (exact) mass is 379 g/mol. The maximum atomic E-state index is 5.30. The lowest BCUT2D eigenvalue weighted by molar-refractivity contribution is 0.157. The standard InChI is InChI=1S/C19H33N5OS/c1-15-22-18(14-26-15)12-23-7-4-16(5-8-23)10-21-19(20-2)24-9-6-17(11-24)13-25-3/h14,16-17H,4-13H2,1-3H3,(H,20,21). The van der Waals surface area contributed by atoms with Crippen LogP contribution in [0.1, 0.15) is 30.0 Å². The van der Waals surface area contributed by atoms with E-state index in [0.29, 0.717) is 5.92 Å². The van der Waals surface area contributed by atoms with Gasteiger partial charge < -0.3 is 15.0 Å². The highest BCUT2D eigenvalue weighted by Gasteiger charge is 2.26. The number of rotatable bonds is 6. The summed E-state index contributed by atoms with van der Waals surface area (Å²) in [4.78, 5) is 14.0. The van der Waals surface area contributed by atoms with Gasteiger partial charge in [-0.15, -0.1) is 11.3 Å². The number of aryl methyl sites for hydroxylation is 1. The summed E-state index contributed by atoms with van der Waals surface area (Å²) in [7, 11) is 3.68. The van der Waals surface area contributed by atoms with Crippen molar-refractivity contribution in [2.24, 2.45) is 16.8 Å². The van der Waals surface area contributed by atoms with Gasteiger partial charge in [0, 0.05) is 51.6 Å². The summed E-state index contributed by atoms with van der Waals surface area (Å²) in [6.07, 6.45) is 3.70. The Kier molecular flexibility index (Phi) is 7.28. The van der Waals surface area contributed by atoms with Crippen LogP contribution >= 0.6 is 11.3 Å². The van der Waals surface area contributed by atoms with E-state index in [0.717, 1.165) is 44.7 Å². The van der Waals surface area contributed by atoms with Gasteiger partial charge in [0.2, 0.25) is 0 Å².